The Morgan fingerprint density at radius 1 is 1.29 bits per heavy atom. The zero-order valence-electron chi connectivity index (χ0n) is 8.64. The largest absolute Gasteiger partial charge is 0.383 e. The minimum Gasteiger partial charge on any atom is -0.383 e. The van der Waals surface area contributed by atoms with Gasteiger partial charge in [0.2, 0.25) is 0 Å². The average molecular weight is 270 g/mol. The molecule has 0 aliphatic carbocycles. The highest BCUT2D eigenvalue weighted by molar-refractivity contribution is 6.34. The summed E-state index contributed by atoms with van der Waals surface area (Å²) in [5.41, 5.74) is 6.43. The van der Waals surface area contributed by atoms with Gasteiger partial charge in [0.15, 0.2) is 0 Å². The summed E-state index contributed by atoms with van der Waals surface area (Å²) in [6, 6.07) is 4.86. The van der Waals surface area contributed by atoms with Gasteiger partial charge in [0.05, 0.1) is 15.7 Å². The first-order valence-electron chi connectivity index (χ1n) is 4.79. The van der Waals surface area contributed by atoms with Crippen LogP contribution in [0.4, 0.5) is 5.82 Å². The smallest absolute Gasteiger partial charge is 0.129 e. The number of halogens is 2. The first kappa shape index (κ1) is 12.1. The number of nitrogens with two attached hydrogens (primary N) is 1. The number of nitrogens with zero attached hydrogens (tertiary/aromatic N) is 2. The number of hydrogen-bond donors (Lipinski definition) is 2. The van der Waals surface area contributed by atoms with Crippen LogP contribution in [0.15, 0.2) is 30.6 Å². The fraction of sp³-hybridized carbons (Fsp3) is 0.0909. The van der Waals surface area contributed by atoms with E-state index in [4.69, 9.17) is 28.9 Å². The van der Waals surface area contributed by atoms with E-state index in [9.17, 15) is 5.11 Å². The molecular weight excluding hydrogens is 261 g/mol. The van der Waals surface area contributed by atoms with Gasteiger partial charge in [0.25, 0.3) is 0 Å². The average Bonchev–Trinajstić information content (AvgIpc) is 2.29. The Balaban J connectivity index is 2.44. The zero-order valence-corrected chi connectivity index (χ0v) is 10.2. The summed E-state index contributed by atoms with van der Waals surface area (Å²) in [5.74, 6) is 0.243. The molecule has 1 atom stereocenters. The predicted octanol–water partition coefficient (Wildman–Crippen LogP) is 2.45. The molecule has 2 aromatic heterocycles. The number of pyridine rings is 2. The van der Waals surface area contributed by atoms with Crippen molar-refractivity contribution in [3.05, 3.63) is 51.9 Å². The van der Waals surface area contributed by atoms with Gasteiger partial charge in [-0.05, 0) is 12.1 Å². The lowest BCUT2D eigenvalue weighted by Crippen LogP contribution is -2.07. The van der Waals surface area contributed by atoms with E-state index in [-0.39, 0.29) is 10.8 Å². The highest BCUT2D eigenvalue weighted by atomic mass is 35.5. The van der Waals surface area contributed by atoms with Crippen LogP contribution in [-0.2, 0) is 0 Å². The molecule has 0 radical (unpaired) electrons. The maximum absolute atomic E-state index is 10.1. The van der Waals surface area contributed by atoms with Gasteiger partial charge in [-0.15, -0.1) is 0 Å². The SMILES string of the molecule is Nc1ncccc1C(O)c1ncc(Cl)cc1Cl. The molecule has 0 amide bonds. The van der Waals surface area contributed by atoms with E-state index < -0.39 is 6.10 Å². The quantitative estimate of drug-likeness (QED) is 0.879. The third-order valence-corrected chi connectivity index (χ3v) is 2.77. The van der Waals surface area contributed by atoms with Crippen LogP contribution in [-0.4, -0.2) is 15.1 Å². The minimum atomic E-state index is -1.02. The number of aliphatic hydroxyl groups excluding tert-OH is 1. The Labute approximate surface area is 108 Å². The van der Waals surface area contributed by atoms with E-state index in [1.165, 1.54) is 12.3 Å². The first-order chi connectivity index (χ1) is 8.09. The van der Waals surface area contributed by atoms with Gasteiger partial charge < -0.3 is 10.8 Å². The minimum absolute atomic E-state index is 0.243. The van der Waals surface area contributed by atoms with Crippen molar-refractivity contribution >= 4 is 29.0 Å². The molecule has 6 heteroatoms. The van der Waals surface area contributed by atoms with Crippen LogP contribution in [0.5, 0.6) is 0 Å². The first-order valence-corrected chi connectivity index (χ1v) is 5.54. The second-order valence-electron chi connectivity index (χ2n) is 3.40. The van der Waals surface area contributed by atoms with Gasteiger partial charge in [0.1, 0.15) is 11.9 Å². The number of anilines is 1. The highest BCUT2D eigenvalue weighted by Gasteiger charge is 2.18. The molecule has 3 N–H and O–H groups in total. The van der Waals surface area contributed by atoms with E-state index in [2.05, 4.69) is 9.97 Å². The highest BCUT2D eigenvalue weighted by Crippen LogP contribution is 2.29. The van der Waals surface area contributed by atoms with Crippen LogP contribution in [0.25, 0.3) is 0 Å². The van der Waals surface area contributed by atoms with Crippen molar-refractivity contribution in [1.29, 1.82) is 0 Å². The third kappa shape index (κ3) is 2.49. The van der Waals surface area contributed by atoms with E-state index in [0.29, 0.717) is 16.3 Å². The Morgan fingerprint density at radius 2 is 2.06 bits per heavy atom. The van der Waals surface area contributed by atoms with Gasteiger partial charge in [-0.25, -0.2) is 4.98 Å². The molecule has 2 aromatic rings. The molecule has 1 unspecified atom stereocenters. The number of hydrogen-bond acceptors (Lipinski definition) is 4. The maximum atomic E-state index is 10.1. The van der Waals surface area contributed by atoms with Crippen LogP contribution in [0.2, 0.25) is 10.0 Å². The van der Waals surface area contributed by atoms with E-state index >= 15 is 0 Å². The number of rotatable bonds is 2. The fourth-order valence-corrected chi connectivity index (χ4v) is 1.92. The second kappa shape index (κ2) is 4.87. The van der Waals surface area contributed by atoms with Crippen molar-refractivity contribution < 1.29 is 5.11 Å². The molecule has 2 heterocycles. The number of aromatic nitrogens is 2. The van der Waals surface area contributed by atoms with Crippen LogP contribution in [0, 0.1) is 0 Å². The van der Waals surface area contributed by atoms with Crippen molar-refractivity contribution in [1.82, 2.24) is 9.97 Å². The summed E-state index contributed by atoms with van der Waals surface area (Å²) >= 11 is 11.7. The fourth-order valence-electron chi connectivity index (χ4n) is 1.43. The molecule has 88 valence electrons. The standard InChI is InChI=1S/C11H9Cl2N3O/c12-6-4-8(13)9(16-5-6)10(17)7-2-1-3-15-11(7)14/h1-5,10,17H,(H2,14,15). The van der Waals surface area contributed by atoms with Crippen molar-refractivity contribution in [2.45, 2.75) is 6.10 Å². The molecule has 0 spiro atoms. The second-order valence-corrected chi connectivity index (χ2v) is 4.24. The Bertz CT molecular complexity index is 548. The summed E-state index contributed by atoms with van der Waals surface area (Å²) < 4.78 is 0. The maximum Gasteiger partial charge on any atom is 0.129 e. The molecule has 4 nitrogen and oxygen atoms in total. The summed E-state index contributed by atoms with van der Waals surface area (Å²) in [6.07, 6.45) is 1.94. The normalized spacial score (nSPS) is 12.4. The summed E-state index contributed by atoms with van der Waals surface area (Å²) in [4.78, 5) is 7.89. The van der Waals surface area contributed by atoms with Crippen LogP contribution < -0.4 is 5.73 Å². The van der Waals surface area contributed by atoms with Gasteiger partial charge >= 0.3 is 0 Å². The molecule has 0 aliphatic rings. The van der Waals surface area contributed by atoms with Crippen molar-refractivity contribution in [2.75, 3.05) is 5.73 Å². The Morgan fingerprint density at radius 3 is 2.71 bits per heavy atom. The van der Waals surface area contributed by atoms with E-state index in [1.807, 2.05) is 0 Å². The van der Waals surface area contributed by atoms with Crippen molar-refractivity contribution in [2.24, 2.45) is 0 Å². The molecule has 0 saturated heterocycles. The van der Waals surface area contributed by atoms with Gasteiger partial charge in [-0.2, -0.15) is 0 Å². The monoisotopic (exact) mass is 269 g/mol. The van der Waals surface area contributed by atoms with E-state index in [0.717, 1.165) is 0 Å². The number of aliphatic hydroxyl groups is 1. The predicted molar refractivity (Wildman–Crippen MR) is 67.0 cm³/mol. The zero-order chi connectivity index (χ0) is 12.4. The summed E-state index contributed by atoms with van der Waals surface area (Å²) in [7, 11) is 0. The van der Waals surface area contributed by atoms with Gasteiger partial charge in [-0.3, -0.25) is 4.98 Å². The topological polar surface area (TPSA) is 72.0 Å². The lowest BCUT2D eigenvalue weighted by atomic mass is 10.1. The molecule has 0 bridgehead atoms. The van der Waals surface area contributed by atoms with Crippen LogP contribution in [0.1, 0.15) is 17.4 Å². The van der Waals surface area contributed by atoms with Crippen molar-refractivity contribution in [3.8, 4) is 0 Å². The molecule has 0 aromatic carbocycles. The third-order valence-electron chi connectivity index (χ3n) is 2.26. The van der Waals surface area contributed by atoms with Crippen molar-refractivity contribution in [3.63, 3.8) is 0 Å². The lowest BCUT2D eigenvalue weighted by Gasteiger charge is -2.13. The summed E-state index contributed by atoms with van der Waals surface area (Å²) in [5, 5.41) is 10.8. The molecular formula is C11H9Cl2N3O. The molecule has 0 saturated carbocycles. The molecule has 0 aliphatic heterocycles. The summed E-state index contributed by atoms with van der Waals surface area (Å²) in [6.45, 7) is 0. The van der Waals surface area contributed by atoms with Crippen LogP contribution >= 0.6 is 23.2 Å². The molecule has 0 fully saturated rings. The molecule has 17 heavy (non-hydrogen) atoms. The van der Waals surface area contributed by atoms with Gasteiger partial charge in [-0.1, -0.05) is 29.3 Å². The van der Waals surface area contributed by atoms with E-state index in [1.54, 1.807) is 18.3 Å². The lowest BCUT2D eigenvalue weighted by molar-refractivity contribution is 0.216. The Kier molecular flexibility index (Phi) is 3.47. The molecule has 2 rings (SSSR count). The van der Waals surface area contributed by atoms with Gasteiger partial charge in [0, 0.05) is 18.0 Å². The van der Waals surface area contributed by atoms with Crippen LogP contribution in [0.3, 0.4) is 0 Å². The number of nitrogen functional groups attached to an aromatic ring is 1. The Hall–Kier alpha value is -1.36.